The van der Waals surface area contributed by atoms with Crippen molar-refractivity contribution in [1.29, 1.82) is 0 Å². The number of nitrogens with zero attached hydrogens (tertiary/aromatic N) is 4. The normalized spacial score (nSPS) is 11.9. The minimum atomic E-state index is 0.117. The summed E-state index contributed by atoms with van der Waals surface area (Å²) in [6.45, 7) is 9.39. The molecule has 5 nitrogen and oxygen atoms in total. The first-order valence-corrected chi connectivity index (χ1v) is 11.9. The monoisotopic (exact) mass is 438 g/mol. The molecule has 156 valence electrons. The molecule has 4 rings (SSSR count). The van der Waals surface area contributed by atoms with E-state index in [9.17, 15) is 0 Å². The van der Waals surface area contributed by atoms with E-state index in [1.54, 1.807) is 29.4 Å². The lowest BCUT2D eigenvalue weighted by Crippen LogP contribution is -2.10. The van der Waals surface area contributed by atoms with Gasteiger partial charge in [0, 0.05) is 16.7 Å². The lowest BCUT2D eigenvalue weighted by molar-refractivity contribution is 0.485. The van der Waals surface area contributed by atoms with Crippen molar-refractivity contribution in [2.75, 3.05) is 0 Å². The highest BCUT2D eigenvalue weighted by Gasteiger charge is 2.18. The number of aromatic nitrogens is 4. The maximum absolute atomic E-state index is 5.60. The Labute approximate surface area is 185 Å². The smallest absolute Gasteiger partial charge is 0.192 e. The molecular formula is C23H26N4OS2. The first kappa shape index (κ1) is 20.9. The van der Waals surface area contributed by atoms with Crippen LogP contribution in [0.4, 0.5) is 0 Å². The third-order valence-corrected chi connectivity index (χ3v) is 6.91. The summed E-state index contributed by atoms with van der Waals surface area (Å²) in [4.78, 5) is 4.67. The molecule has 0 unspecified atom stereocenters. The average molecular weight is 439 g/mol. The molecule has 4 aromatic rings. The maximum Gasteiger partial charge on any atom is 0.192 e. The van der Waals surface area contributed by atoms with Gasteiger partial charge in [-0.1, -0.05) is 63.7 Å². The molecule has 0 amide bonds. The molecule has 0 aliphatic carbocycles. The Morgan fingerprint density at radius 3 is 2.53 bits per heavy atom. The van der Waals surface area contributed by atoms with Crippen molar-refractivity contribution in [1.82, 2.24) is 19.7 Å². The second kappa shape index (κ2) is 8.78. The summed E-state index contributed by atoms with van der Waals surface area (Å²) in [5.41, 5.74) is 3.56. The lowest BCUT2D eigenvalue weighted by Gasteiger charge is -2.19. The highest BCUT2D eigenvalue weighted by atomic mass is 32.2. The van der Waals surface area contributed by atoms with Gasteiger partial charge in [0.15, 0.2) is 11.0 Å². The molecule has 3 aromatic heterocycles. The first-order valence-electron chi connectivity index (χ1n) is 10.1. The fraction of sp³-hybridized carbons (Fsp3) is 0.348. The van der Waals surface area contributed by atoms with E-state index in [1.807, 2.05) is 12.1 Å². The Morgan fingerprint density at radius 2 is 1.90 bits per heavy atom. The second-order valence-electron chi connectivity index (χ2n) is 8.17. The van der Waals surface area contributed by atoms with Gasteiger partial charge in [0.1, 0.15) is 5.76 Å². The van der Waals surface area contributed by atoms with Gasteiger partial charge in [0.25, 0.3) is 0 Å². The summed E-state index contributed by atoms with van der Waals surface area (Å²) in [7, 11) is 0. The van der Waals surface area contributed by atoms with Gasteiger partial charge in [-0.3, -0.25) is 4.57 Å². The van der Waals surface area contributed by atoms with Crippen LogP contribution in [0, 0.1) is 0 Å². The van der Waals surface area contributed by atoms with Crippen molar-refractivity contribution < 1.29 is 4.42 Å². The predicted molar refractivity (Wildman–Crippen MR) is 123 cm³/mol. The molecule has 0 fully saturated rings. The number of hydrogen-bond donors (Lipinski definition) is 0. The Balaban J connectivity index is 1.63. The zero-order chi connectivity index (χ0) is 21.1. The van der Waals surface area contributed by atoms with E-state index in [4.69, 9.17) is 4.42 Å². The van der Waals surface area contributed by atoms with Gasteiger partial charge in [-0.05, 0) is 29.5 Å². The molecule has 7 heteroatoms. The van der Waals surface area contributed by atoms with Crippen LogP contribution in [0.1, 0.15) is 49.7 Å². The molecule has 0 saturated carbocycles. The van der Waals surface area contributed by atoms with Crippen LogP contribution in [0.25, 0.3) is 11.4 Å². The summed E-state index contributed by atoms with van der Waals surface area (Å²) >= 11 is 3.38. The van der Waals surface area contributed by atoms with Crippen LogP contribution in [-0.2, 0) is 24.1 Å². The minimum Gasteiger partial charge on any atom is -0.467 e. The zero-order valence-electron chi connectivity index (χ0n) is 17.8. The molecule has 0 atom stereocenters. The molecule has 30 heavy (non-hydrogen) atoms. The van der Waals surface area contributed by atoms with E-state index in [0.29, 0.717) is 6.54 Å². The molecule has 3 heterocycles. The fourth-order valence-electron chi connectivity index (χ4n) is 3.15. The van der Waals surface area contributed by atoms with Crippen LogP contribution in [0.3, 0.4) is 0 Å². The Morgan fingerprint density at radius 1 is 1.10 bits per heavy atom. The van der Waals surface area contributed by atoms with E-state index in [1.165, 1.54) is 10.6 Å². The molecule has 0 bridgehead atoms. The Bertz CT molecular complexity index is 1090. The first-order chi connectivity index (χ1) is 14.4. The van der Waals surface area contributed by atoms with E-state index in [-0.39, 0.29) is 5.41 Å². The number of aryl methyl sites for hydroxylation is 1. The van der Waals surface area contributed by atoms with Gasteiger partial charge in [0.05, 0.1) is 23.5 Å². The zero-order valence-corrected chi connectivity index (χ0v) is 19.4. The van der Waals surface area contributed by atoms with Crippen molar-refractivity contribution in [3.8, 4) is 11.4 Å². The number of thiazole rings is 1. The number of rotatable bonds is 7. The Hall–Kier alpha value is -2.38. The predicted octanol–water partition coefficient (Wildman–Crippen LogP) is 6.20. The maximum atomic E-state index is 5.60. The van der Waals surface area contributed by atoms with Gasteiger partial charge >= 0.3 is 0 Å². The Kier molecular flexibility index (Phi) is 6.11. The summed E-state index contributed by atoms with van der Waals surface area (Å²) in [5, 5.41) is 13.2. The molecule has 0 N–H and O–H groups in total. The summed E-state index contributed by atoms with van der Waals surface area (Å²) < 4.78 is 7.73. The fourth-order valence-corrected chi connectivity index (χ4v) is 4.83. The molecule has 0 spiro atoms. The van der Waals surface area contributed by atoms with E-state index in [2.05, 4.69) is 77.1 Å². The van der Waals surface area contributed by atoms with Crippen LogP contribution in [0.15, 0.2) is 57.6 Å². The number of hydrogen-bond acceptors (Lipinski definition) is 6. The minimum absolute atomic E-state index is 0.117. The van der Waals surface area contributed by atoms with Crippen LogP contribution < -0.4 is 0 Å². The van der Waals surface area contributed by atoms with Gasteiger partial charge in [-0.15, -0.1) is 21.5 Å². The SMILES string of the molecule is CCc1nc(CSc2nnc(-c3ccc(C(C)(C)C)cc3)n2Cc2ccco2)cs1. The van der Waals surface area contributed by atoms with Gasteiger partial charge in [-0.25, -0.2) is 4.98 Å². The summed E-state index contributed by atoms with van der Waals surface area (Å²) in [5.74, 6) is 2.50. The quantitative estimate of drug-likeness (QED) is 0.322. The van der Waals surface area contributed by atoms with Gasteiger partial charge in [0.2, 0.25) is 0 Å². The molecule has 0 radical (unpaired) electrons. The van der Waals surface area contributed by atoms with Crippen LogP contribution in [-0.4, -0.2) is 19.7 Å². The standard InChI is InChI=1S/C23H26N4OS2/c1-5-20-24-18(14-29-20)15-30-22-26-25-21(27(22)13-19-7-6-12-28-19)16-8-10-17(11-9-16)23(2,3)4/h6-12,14H,5,13,15H2,1-4H3. The van der Waals surface area contributed by atoms with E-state index >= 15 is 0 Å². The van der Waals surface area contributed by atoms with Crippen molar-refractivity contribution in [2.45, 2.75) is 57.0 Å². The topological polar surface area (TPSA) is 56.7 Å². The average Bonchev–Trinajstić information content (AvgIpc) is 3.48. The van der Waals surface area contributed by atoms with Crippen LogP contribution >= 0.6 is 23.1 Å². The number of furan rings is 1. The lowest BCUT2D eigenvalue weighted by atomic mass is 9.87. The highest BCUT2D eigenvalue weighted by molar-refractivity contribution is 7.98. The molecule has 1 aromatic carbocycles. The second-order valence-corrected chi connectivity index (χ2v) is 10.1. The van der Waals surface area contributed by atoms with Crippen LogP contribution in [0.2, 0.25) is 0 Å². The van der Waals surface area contributed by atoms with Crippen molar-refractivity contribution >= 4 is 23.1 Å². The number of benzene rings is 1. The summed E-state index contributed by atoms with van der Waals surface area (Å²) in [6.07, 6.45) is 2.67. The van der Waals surface area contributed by atoms with Crippen molar-refractivity contribution in [2.24, 2.45) is 0 Å². The molecular weight excluding hydrogens is 412 g/mol. The highest BCUT2D eigenvalue weighted by Crippen LogP contribution is 2.30. The van der Waals surface area contributed by atoms with Gasteiger partial charge in [-0.2, -0.15) is 0 Å². The molecule has 0 saturated heterocycles. The van der Waals surface area contributed by atoms with Crippen molar-refractivity contribution in [3.05, 3.63) is 70.1 Å². The summed E-state index contributed by atoms with van der Waals surface area (Å²) in [6, 6.07) is 12.5. The third kappa shape index (κ3) is 4.68. The largest absolute Gasteiger partial charge is 0.467 e. The molecule has 0 aliphatic heterocycles. The van der Waals surface area contributed by atoms with E-state index < -0.39 is 0 Å². The number of thioether (sulfide) groups is 1. The van der Waals surface area contributed by atoms with Crippen LogP contribution in [0.5, 0.6) is 0 Å². The third-order valence-electron chi connectivity index (χ3n) is 4.87. The van der Waals surface area contributed by atoms with E-state index in [0.717, 1.165) is 40.2 Å². The molecule has 0 aliphatic rings. The van der Waals surface area contributed by atoms with Gasteiger partial charge < -0.3 is 4.42 Å². The van der Waals surface area contributed by atoms with Crippen molar-refractivity contribution in [3.63, 3.8) is 0 Å².